The van der Waals surface area contributed by atoms with Gasteiger partial charge in [-0.15, -0.1) is 0 Å². The maximum absolute atomic E-state index is 11.0. The lowest BCUT2D eigenvalue weighted by atomic mass is 9.95. The number of carbonyl (C=O) groups is 1. The molecule has 1 aromatic heterocycles. The molecule has 2 aromatic rings. The SMILES string of the molecule is O=NC(CCC(=O)O)c1ccc2c3c(oc2c1)CCCC3. The zero-order chi connectivity index (χ0) is 14.8. The highest BCUT2D eigenvalue weighted by Gasteiger charge is 2.20. The van der Waals surface area contributed by atoms with Crippen LogP contribution in [-0.2, 0) is 17.6 Å². The Morgan fingerprint density at radius 1 is 1.33 bits per heavy atom. The molecule has 1 aliphatic carbocycles. The van der Waals surface area contributed by atoms with Gasteiger partial charge < -0.3 is 9.52 Å². The van der Waals surface area contributed by atoms with Crippen LogP contribution >= 0.6 is 0 Å². The summed E-state index contributed by atoms with van der Waals surface area (Å²) in [6.45, 7) is 0. The van der Waals surface area contributed by atoms with Crippen LogP contribution in [0.15, 0.2) is 27.8 Å². The Morgan fingerprint density at radius 3 is 2.90 bits per heavy atom. The molecule has 3 rings (SSSR count). The van der Waals surface area contributed by atoms with Crippen LogP contribution in [0, 0.1) is 4.91 Å². The van der Waals surface area contributed by atoms with E-state index in [0.29, 0.717) is 0 Å². The lowest BCUT2D eigenvalue weighted by Gasteiger charge is -2.09. The molecular weight excluding hydrogens is 270 g/mol. The third kappa shape index (κ3) is 2.68. The molecule has 0 aliphatic heterocycles. The van der Waals surface area contributed by atoms with E-state index in [1.807, 2.05) is 18.2 Å². The Morgan fingerprint density at radius 2 is 2.14 bits per heavy atom. The molecule has 5 heteroatoms. The first-order chi connectivity index (χ1) is 10.2. The van der Waals surface area contributed by atoms with Gasteiger partial charge in [0.05, 0.1) is 0 Å². The lowest BCUT2D eigenvalue weighted by Crippen LogP contribution is -2.01. The maximum atomic E-state index is 11.0. The summed E-state index contributed by atoms with van der Waals surface area (Å²) in [6.07, 6.45) is 4.48. The monoisotopic (exact) mass is 287 g/mol. The quantitative estimate of drug-likeness (QED) is 0.843. The summed E-state index contributed by atoms with van der Waals surface area (Å²) in [6, 6.07) is 5.03. The van der Waals surface area contributed by atoms with Gasteiger partial charge in [0.15, 0.2) is 0 Å². The number of furan rings is 1. The van der Waals surface area contributed by atoms with Gasteiger partial charge in [0, 0.05) is 23.8 Å². The van der Waals surface area contributed by atoms with Crippen molar-refractivity contribution in [3.63, 3.8) is 0 Å². The zero-order valence-electron chi connectivity index (χ0n) is 11.7. The van der Waals surface area contributed by atoms with E-state index in [-0.39, 0.29) is 12.8 Å². The molecule has 1 atom stereocenters. The molecule has 0 saturated carbocycles. The number of nitrogens with zero attached hydrogens (tertiary/aromatic N) is 1. The van der Waals surface area contributed by atoms with Crippen molar-refractivity contribution >= 4 is 16.9 Å². The summed E-state index contributed by atoms with van der Waals surface area (Å²) in [5.41, 5.74) is 2.79. The summed E-state index contributed by atoms with van der Waals surface area (Å²) < 4.78 is 5.89. The predicted molar refractivity (Wildman–Crippen MR) is 78.3 cm³/mol. The van der Waals surface area contributed by atoms with Gasteiger partial charge in [0.1, 0.15) is 17.4 Å². The van der Waals surface area contributed by atoms with Gasteiger partial charge in [-0.1, -0.05) is 17.3 Å². The molecule has 1 aliphatic rings. The third-order valence-electron chi connectivity index (χ3n) is 4.12. The maximum Gasteiger partial charge on any atom is 0.303 e. The second-order valence-corrected chi connectivity index (χ2v) is 5.52. The summed E-state index contributed by atoms with van der Waals surface area (Å²) in [7, 11) is 0. The van der Waals surface area contributed by atoms with Gasteiger partial charge in [-0.25, -0.2) is 0 Å². The van der Waals surface area contributed by atoms with Crippen LogP contribution in [0.1, 0.15) is 48.6 Å². The number of aliphatic carboxylic acids is 1. The first-order valence-electron chi connectivity index (χ1n) is 7.27. The fraction of sp³-hybridized carbons (Fsp3) is 0.438. The number of carboxylic acid groups (broad SMARTS) is 1. The fourth-order valence-electron chi connectivity index (χ4n) is 3.03. The van der Waals surface area contributed by atoms with E-state index in [2.05, 4.69) is 5.18 Å². The highest BCUT2D eigenvalue weighted by Crippen LogP contribution is 2.34. The smallest absolute Gasteiger partial charge is 0.303 e. The normalized spacial score (nSPS) is 15.6. The highest BCUT2D eigenvalue weighted by molar-refractivity contribution is 5.83. The second-order valence-electron chi connectivity index (χ2n) is 5.52. The number of hydrogen-bond acceptors (Lipinski definition) is 4. The number of nitroso groups, excluding NO2 is 1. The summed E-state index contributed by atoms with van der Waals surface area (Å²) in [5.74, 6) is 0.132. The van der Waals surface area contributed by atoms with Crippen LogP contribution in [0.3, 0.4) is 0 Å². The van der Waals surface area contributed by atoms with Crippen molar-refractivity contribution in [2.24, 2.45) is 5.18 Å². The van der Waals surface area contributed by atoms with Crippen LogP contribution in [0.4, 0.5) is 0 Å². The van der Waals surface area contributed by atoms with E-state index in [4.69, 9.17) is 9.52 Å². The lowest BCUT2D eigenvalue weighted by molar-refractivity contribution is -0.137. The van der Waals surface area contributed by atoms with Gasteiger partial charge >= 0.3 is 5.97 Å². The molecule has 0 saturated heterocycles. The van der Waals surface area contributed by atoms with Crippen LogP contribution in [0.2, 0.25) is 0 Å². The fourth-order valence-corrected chi connectivity index (χ4v) is 3.03. The second kappa shape index (κ2) is 5.68. The molecule has 0 bridgehead atoms. The summed E-state index contributed by atoms with van der Waals surface area (Å²) in [5, 5.41) is 12.9. The van der Waals surface area contributed by atoms with Crippen molar-refractivity contribution in [2.45, 2.75) is 44.6 Å². The molecule has 1 unspecified atom stereocenters. The average Bonchev–Trinajstić information content (AvgIpc) is 2.85. The topological polar surface area (TPSA) is 79.9 Å². The molecule has 5 nitrogen and oxygen atoms in total. The van der Waals surface area contributed by atoms with Crippen molar-refractivity contribution in [1.29, 1.82) is 0 Å². The van der Waals surface area contributed by atoms with Crippen LogP contribution in [0.25, 0.3) is 11.0 Å². The van der Waals surface area contributed by atoms with Crippen molar-refractivity contribution < 1.29 is 14.3 Å². The molecule has 110 valence electrons. The molecule has 1 aromatic carbocycles. The molecule has 0 spiro atoms. The molecular formula is C16H17NO4. The Bertz CT molecular complexity index is 689. The number of carboxylic acids is 1. The van der Waals surface area contributed by atoms with Gasteiger partial charge in [0.25, 0.3) is 0 Å². The summed E-state index contributed by atoms with van der Waals surface area (Å²) >= 11 is 0. The van der Waals surface area contributed by atoms with Gasteiger partial charge in [0.2, 0.25) is 0 Å². The Kier molecular flexibility index (Phi) is 3.73. The molecule has 0 radical (unpaired) electrons. The van der Waals surface area contributed by atoms with E-state index in [9.17, 15) is 9.70 Å². The Labute approximate surface area is 121 Å². The summed E-state index contributed by atoms with van der Waals surface area (Å²) in [4.78, 5) is 21.6. The third-order valence-corrected chi connectivity index (χ3v) is 4.12. The van der Waals surface area contributed by atoms with Crippen LogP contribution in [-0.4, -0.2) is 11.1 Å². The van der Waals surface area contributed by atoms with Gasteiger partial charge in [-0.2, -0.15) is 4.91 Å². The molecule has 0 fully saturated rings. The van der Waals surface area contributed by atoms with E-state index >= 15 is 0 Å². The standard InChI is InChI=1S/C16H17NO4/c18-16(19)8-7-13(17-20)10-5-6-12-11-3-1-2-4-14(11)21-15(12)9-10/h5-6,9,13H,1-4,7-8H2,(H,18,19). The van der Waals surface area contributed by atoms with Crippen molar-refractivity contribution in [2.75, 3.05) is 0 Å². The molecule has 1 heterocycles. The minimum absolute atomic E-state index is 0.0664. The minimum atomic E-state index is -0.918. The minimum Gasteiger partial charge on any atom is -0.481 e. The average molecular weight is 287 g/mol. The van der Waals surface area contributed by atoms with Gasteiger partial charge in [-0.05, 0) is 37.3 Å². The number of aryl methyl sites for hydroxylation is 2. The number of rotatable bonds is 5. The van der Waals surface area contributed by atoms with Crippen LogP contribution < -0.4 is 0 Å². The van der Waals surface area contributed by atoms with Crippen molar-refractivity contribution in [3.8, 4) is 0 Å². The van der Waals surface area contributed by atoms with E-state index < -0.39 is 12.0 Å². The molecule has 0 amide bonds. The molecule has 21 heavy (non-hydrogen) atoms. The molecule has 1 N–H and O–H groups in total. The first-order valence-corrected chi connectivity index (χ1v) is 7.27. The van der Waals surface area contributed by atoms with Gasteiger partial charge in [-0.3, -0.25) is 4.79 Å². The Hall–Kier alpha value is -2.17. The number of hydrogen-bond donors (Lipinski definition) is 1. The van der Waals surface area contributed by atoms with E-state index in [1.165, 1.54) is 12.0 Å². The highest BCUT2D eigenvalue weighted by atomic mass is 16.4. The van der Waals surface area contributed by atoms with Crippen molar-refractivity contribution in [3.05, 3.63) is 40.0 Å². The number of benzene rings is 1. The van der Waals surface area contributed by atoms with E-state index in [0.717, 1.165) is 41.6 Å². The van der Waals surface area contributed by atoms with E-state index in [1.54, 1.807) is 0 Å². The van der Waals surface area contributed by atoms with Crippen LogP contribution in [0.5, 0.6) is 0 Å². The number of fused-ring (bicyclic) bond motifs is 3. The van der Waals surface area contributed by atoms with Crippen molar-refractivity contribution in [1.82, 2.24) is 0 Å². The Balaban J connectivity index is 1.92. The largest absolute Gasteiger partial charge is 0.481 e. The zero-order valence-corrected chi connectivity index (χ0v) is 11.7. The first kappa shape index (κ1) is 13.8. The predicted octanol–water partition coefficient (Wildman–Crippen LogP) is 3.98.